The van der Waals surface area contributed by atoms with Crippen molar-refractivity contribution in [2.24, 2.45) is 5.92 Å². The molecule has 1 fully saturated rings. The predicted octanol–water partition coefficient (Wildman–Crippen LogP) is 2.65. The van der Waals surface area contributed by atoms with Crippen molar-refractivity contribution in [2.45, 2.75) is 38.1 Å². The first-order valence-corrected chi connectivity index (χ1v) is 7.30. The molecule has 20 heavy (non-hydrogen) atoms. The topological polar surface area (TPSA) is 41.5 Å². The summed E-state index contributed by atoms with van der Waals surface area (Å²) in [6, 6.07) is 4.82. The first-order valence-electron chi connectivity index (χ1n) is 7.30. The van der Waals surface area contributed by atoms with Gasteiger partial charge in [-0.2, -0.15) is 0 Å². The number of halogens is 1. The van der Waals surface area contributed by atoms with Crippen LogP contribution in [0.15, 0.2) is 18.2 Å². The third-order valence-corrected chi connectivity index (χ3v) is 4.60. The molecule has 2 unspecified atom stereocenters. The fourth-order valence-electron chi connectivity index (χ4n) is 3.21. The summed E-state index contributed by atoms with van der Waals surface area (Å²) in [5, 5.41) is 12.9. The number of ether oxygens (including phenoxy) is 1. The normalized spacial score (nSPS) is 25.9. The molecule has 2 atom stereocenters. The zero-order valence-electron chi connectivity index (χ0n) is 12.3. The van der Waals surface area contributed by atoms with Crippen LogP contribution in [-0.4, -0.2) is 30.9 Å². The number of rotatable bonds is 6. The van der Waals surface area contributed by atoms with E-state index >= 15 is 0 Å². The van der Waals surface area contributed by atoms with Crippen LogP contribution in [0.1, 0.15) is 31.2 Å². The number of aliphatic hydroxyl groups excluding tert-OH is 1. The van der Waals surface area contributed by atoms with Gasteiger partial charge in [0.25, 0.3) is 0 Å². The van der Waals surface area contributed by atoms with E-state index in [0.717, 1.165) is 25.7 Å². The van der Waals surface area contributed by atoms with Crippen molar-refractivity contribution in [3.63, 3.8) is 0 Å². The molecule has 0 heterocycles. The summed E-state index contributed by atoms with van der Waals surface area (Å²) in [5.74, 6) is 0.933. The van der Waals surface area contributed by atoms with E-state index in [1.807, 2.05) is 7.05 Å². The Morgan fingerprint density at radius 2 is 2.30 bits per heavy atom. The Hall–Kier alpha value is -1.13. The van der Waals surface area contributed by atoms with E-state index in [9.17, 15) is 9.50 Å². The Labute approximate surface area is 120 Å². The molecule has 3 nitrogen and oxygen atoms in total. The largest absolute Gasteiger partial charge is 0.494 e. The second-order valence-corrected chi connectivity index (χ2v) is 5.70. The maximum atomic E-state index is 13.2. The van der Waals surface area contributed by atoms with Crippen molar-refractivity contribution in [2.75, 3.05) is 20.3 Å². The van der Waals surface area contributed by atoms with E-state index in [-0.39, 0.29) is 18.0 Å². The van der Waals surface area contributed by atoms with Crippen molar-refractivity contribution < 1.29 is 14.2 Å². The molecule has 0 spiro atoms. The van der Waals surface area contributed by atoms with Crippen LogP contribution in [0, 0.1) is 18.7 Å². The van der Waals surface area contributed by atoms with E-state index in [0.29, 0.717) is 23.8 Å². The van der Waals surface area contributed by atoms with Crippen molar-refractivity contribution >= 4 is 0 Å². The minimum absolute atomic E-state index is 0.151. The van der Waals surface area contributed by atoms with Crippen LogP contribution in [0.3, 0.4) is 0 Å². The molecule has 2 N–H and O–H groups in total. The summed E-state index contributed by atoms with van der Waals surface area (Å²) < 4.78 is 18.9. The van der Waals surface area contributed by atoms with Crippen molar-refractivity contribution in [3.8, 4) is 5.75 Å². The lowest BCUT2D eigenvalue weighted by molar-refractivity contribution is 0.117. The van der Waals surface area contributed by atoms with Gasteiger partial charge in [0.1, 0.15) is 11.6 Å². The van der Waals surface area contributed by atoms with Crippen LogP contribution in [0.4, 0.5) is 4.39 Å². The first-order chi connectivity index (χ1) is 9.61. The summed E-state index contributed by atoms with van der Waals surface area (Å²) in [5.41, 5.74) is 0.450. The smallest absolute Gasteiger partial charge is 0.126 e. The molecule has 0 aromatic heterocycles. The Morgan fingerprint density at radius 3 is 2.95 bits per heavy atom. The lowest BCUT2D eigenvalue weighted by Crippen LogP contribution is -2.49. The highest BCUT2D eigenvalue weighted by atomic mass is 19.1. The average molecular weight is 281 g/mol. The number of aliphatic hydroxyl groups is 1. The number of likely N-dealkylation sites (N-methyl/N-ethyl adjacent to an activating group) is 1. The highest BCUT2D eigenvalue weighted by Crippen LogP contribution is 2.37. The Morgan fingerprint density at radius 1 is 1.50 bits per heavy atom. The van der Waals surface area contributed by atoms with Gasteiger partial charge in [0.15, 0.2) is 0 Å². The molecule has 0 aliphatic heterocycles. The highest BCUT2D eigenvalue weighted by molar-refractivity contribution is 5.28. The van der Waals surface area contributed by atoms with Crippen LogP contribution in [-0.2, 0) is 0 Å². The number of hydrogen-bond acceptors (Lipinski definition) is 3. The van der Waals surface area contributed by atoms with Gasteiger partial charge >= 0.3 is 0 Å². The van der Waals surface area contributed by atoms with Gasteiger partial charge in [0.05, 0.1) is 13.2 Å². The predicted molar refractivity (Wildman–Crippen MR) is 77.5 cm³/mol. The Bertz CT molecular complexity index is 446. The van der Waals surface area contributed by atoms with Crippen molar-refractivity contribution in [1.82, 2.24) is 5.32 Å². The van der Waals surface area contributed by atoms with Crippen LogP contribution in [0.2, 0.25) is 0 Å². The lowest BCUT2D eigenvalue weighted by Gasteiger charge is -2.33. The zero-order valence-corrected chi connectivity index (χ0v) is 12.3. The molecule has 0 radical (unpaired) electrons. The molecule has 1 aromatic rings. The molecular formula is C16H24FNO2. The summed E-state index contributed by atoms with van der Waals surface area (Å²) in [7, 11) is 1.92. The second kappa shape index (κ2) is 6.55. The number of benzene rings is 1. The van der Waals surface area contributed by atoms with E-state index in [1.165, 1.54) is 6.07 Å². The minimum atomic E-state index is -0.206. The number of nitrogens with one attached hydrogen (secondary N) is 1. The Kier molecular flexibility index (Phi) is 5.00. The van der Waals surface area contributed by atoms with E-state index in [2.05, 4.69) is 5.32 Å². The van der Waals surface area contributed by atoms with Gasteiger partial charge in [0.2, 0.25) is 0 Å². The van der Waals surface area contributed by atoms with Gasteiger partial charge in [-0.15, -0.1) is 0 Å². The molecule has 0 amide bonds. The quantitative estimate of drug-likeness (QED) is 0.842. The first kappa shape index (κ1) is 15.3. The maximum Gasteiger partial charge on any atom is 0.126 e. The van der Waals surface area contributed by atoms with Crippen LogP contribution >= 0.6 is 0 Å². The summed E-state index contributed by atoms with van der Waals surface area (Å²) in [4.78, 5) is 0. The van der Waals surface area contributed by atoms with E-state index < -0.39 is 0 Å². The van der Waals surface area contributed by atoms with Gasteiger partial charge in [-0.25, -0.2) is 4.39 Å². The Balaban J connectivity index is 1.87. The van der Waals surface area contributed by atoms with Crippen LogP contribution < -0.4 is 10.1 Å². The van der Waals surface area contributed by atoms with Gasteiger partial charge in [0, 0.05) is 5.54 Å². The lowest BCUT2D eigenvalue weighted by atomic mass is 9.86. The summed E-state index contributed by atoms with van der Waals surface area (Å²) in [6.07, 6.45) is 4.17. The van der Waals surface area contributed by atoms with Gasteiger partial charge in [-0.3, -0.25) is 0 Å². The number of aryl methyl sites for hydroxylation is 1. The SMILES string of the molecule is CNC1(CO)CCCC1CCOc1ccc(F)c(C)c1. The van der Waals surface area contributed by atoms with Crippen molar-refractivity contribution in [1.29, 1.82) is 0 Å². The molecule has 1 aromatic carbocycles. The monoisotopic (exact) mass is 281 g/mol. The van der Waals surface area contributed by atoms with Crippen molar-refractivity contribution in [3.05, 3.63) is 29.6 Å². The molecule has 4 heteroatoms. The van der Waals surface area contributed by atoms with Gasteiger partial charge < -0.3 is 15.2 Å². The van der Waals surface area contributed by atoms with Crippen LogP contribution in [0.25, 0.3) is 0 Å². The van der Waals surface area contributed by atoms with E-state index in [1.54, 1.807) is 19.1 Å². The molecular weight excluding hydrogens is 257 g/mol. The second-order valence-electron chi connectivity index (χ2n) is 5.70. The third kappa shape index (κ3) is 3.13. The minimum Gasteiger partial charge on any atom is -0.494 e. The molecule has 0 bridgehead atoms. The van der Waals surface area contributed by atoms with E-state index in [4.69, 9.17) is 4.74 Å². The molecule has 112 valence electrons. The molecule has 1 aliphatic carbocycles. The summed E-state index contributed by atoms with van der Waals surface area (Å²) in [6.45, 7) is 2.50. The standard InChI is InChI=1S/C16H24FNO2/c1-12-10-14(5-6-15(12)17)20-9-7-13-4-3-8-16(13,11-19)18-2/h5-6,10,13,18-19H,3-4,7-9,11H2,1-2H3. The average Bonchev–Trinajstić information content (AvgIpc) is 2.86. The molecule has 0 saturated heterocycles. The van der Waals surface area contributed by atoms with Gasteiger partial charge in [-0.05, 0) is 62.9 Å². The highest BCUT2D eigenvalue weighted by Gasteiger charge is 2.40. The molecule has 1 aliphatic rings. The van der Waals surface area contributed by atoms with Gasteiger partial charge in [-0.1, -0.05) is 6.42 Å². The summed E-state index contributed by atoms with van der Waals surface area (Å²) >= 11 is 0. The van der Waals surface area contributed by atoms with Crippen LogP contribution in [0.5, 0.6) is 5.75 Å². The zero-order chi connectivity index (χ0) is 14.6. The fourth-order valence-corrected chi connectivity index (χ4v) is 3.21. The maximum absolute atomic E-state index is 13.2. The molecule has 1 saturated carbocycles. The molecule has 2 rings (SSSR count). The number of hydrogen-bond donors (Lipinski definition) is 2. The third-order valence-electron chi connectivity index (χ3n) is 4.60. The fraction of sp³-hybridized carbons (Fsp3) is 0.625.